The van der Waals surface area contributed by atoms with Crippen LogP contribution in [0.4, 0.5) is 5.69 Å². The van der Waals surface area contributed by atoms with Gasteiger partial charge in [-0.25, -0.2) is 4.98 Å². The summed E-state index contributed by atoms with van der Waals surface area (Å²) < 4.78 is 1.69. The molecule has 7 heteroatoms. The van der Waals surface area contributed by atoms with E-state index in [0.29, 0.717) is 22.5 Å². The Morgan fingerprint density at radius 3 is 2.42 bits per heavy atom. The van der Waals surface area contributed by atoms with Crippen molar-refractivity contribution >= 4 is 28.5 Å². The van der Waals surface area contributed by atoms with Crippen molar-refractivity contribution in [2.75, 3.05) is 5.32 Å². The number of carbonyl (C=O) groups excluding carboxylic acids is 2. The van der Waals surface area contributed by atoms with Crippen molar-refractivity contribution in [2.24, 2.45) is 12.8 Å². The van der Waals surface area contributed by atoms with E-state index in [-0.39, 0.29) is 11.8 Å². The standard InChI is InChI=1S/C19H21N5O2/c1-10(2)15-9-14(16-11(3)23-24(4)18(16)22-15)19(26)21-13-7-5-12(6-8-13)17(20)25/h5-10H,1-4H3,(H2,20,25)(H,21,26). The number of aromatic nitrogens is 3. The molecule has 0 fully saturated rings. The molecule has 0 aliphatic rings. The van der Waals surface area contributed by atoms with Gasteiger partial charge in [-0.05, 0) is 43.2 Å². The maximum absolute atomic E-state index is 12.9. The summed E-state index contributed by atoms with van der Waals surface area (Å²) in [5.41, 5.74) is 9.00. The number of nitrogens with two attached hydrogens (primary N) is 1. The highest BCUT2D eigenvalue weighted by Crippen LogP contribution is 2.25. The Hall–Kier alpha value is -3.22. The van der Waals surface area contributed by atoms with Crippen molar-refractivity contribution < 1.29 is 9.59 Å². The lowest BCUT2D eigenvalue weighted by molar-refractivity contribution is 0.0998. The van der Waals surface area contributed by atoms with E-state index in [9.17, 15) is 9.59 Å². The number of aryl methyl sites for hydroxylation is 2. The highest BCUT2D eigenvalue weighted by Gasteiger charge is 2.19. The van der Waals surface area contributed by atoms with Crippen LogP contribution in [0.5, 0.6) is 0 Å². The first-order chi connectivity index (χ1) is 12.3. The number of nitrogens with one attached hydrogen (secondary N) is 1. The number of carbonyl (C=O) groups is 2. The Morgan fingerprint density at radius 1 is 1.19 bits per heavy atom. The molecule has 3 aromatic rings. The minimum absolute atomic E-state index is 0.177. The van der Waals surface area contributed by atoms with Crippen LogP contribution in [0.15, 0.2) is 30.3 Å². The van der Waals surface area contributed by atoms with Gasteiger partial charge in [0.25, 0.3) is 5.91 Å². The third-order valence-corrected chi connectivity index (χ3v) is 4.25. The molecule has 2 aromatic heterocycles. The van der Waals surface area contributed by atoms with Crippen LogP contribution >= 0.6 is 0 Å². The summed E-state index contributed by atoms with van der Waals surface area (Å²) in [5.74, 6) is -0.579. The van der Waals surface area contributed by atoms with E-state index in [1.54, 1.807) is 28.9 Å². The monoisotopic (exact) mass is 351 g/mol. The predicted molar refractivity (Wildman–Crippen MR) is 100 cm³/mol. The van der Waals surface area contributed by atoms with Gasteiger partial charge >= 0.3 is 0 Å². The molecule has 3 N–H and O–H groups in total. The highest BCUT2D eigenvalue weighted by atomic mass is 16.2. The van der Waals surface area contributed by atoms with Crippen LogP contribution < -0.4 is 11.1 Å². The molecule has 7 nitrogen and oxygen atoms in total. The number of pyridine rings is 1. The Labute approximate surface area is 151 Å². The summed E-state index contributed by atoms with van der Waals surface area (Å²) in [6, 6.07) is 8.27. The molecule has 0 saturated heterocycles. The summed E-state index contributed by atoms with van der Waals surface area (Å²) in [7, 11) is 1.82. The Morgan fingerprint density at radius 2 is 1.85 bits per heavy atom. The summed E-state index contributed by atoms with van der Waals surface area (Å²) in [5, 5.41) is 8.00. The zero-order chi connectivity index (χ0) is 19.0. The summed E-state index contributed by atoms with van der Waals surface area (Å²) in [6.45, 7) is 5.92. The number of primary amides is 1. The van der Waals surface area contributed by atoms with Gasteiger partial charge in [0.2, 0.25) is 5.91 Å². The lowest BCUT2D eigenvalue weighted by Gasteiger charge is -2.11. The van der Waals surface area contributed by atoms with E-state index in [1.165, 1.54) is 0 Å². The van der Waals surface area contributed by atoms with E-state index >= 15 is 0 Å². The van der Waals surface area contributed by atoms with Gasteiger partial charge in [0, 0.05) is 24.0 Å². The molecule has 134 valence electrons. The second-order valence-electron chi connectivity index (χ2n) is 6.55. The van der Waals surface area contributed by atoms with Crippen molar-refractivity contribution in [3.05, 3.63) is 52.8 Å². The predicted octanol–water partition coefficient (Wildman–Crippen LogP) is 2.75. The molecule has 0 aliphatic carbocycles. The molecule has 0 unspecified atom stereocenters. The van der Waals surface area contributed by atoms with Crippen LogP contribution in [0, 0.1) is 6.92 Å². The highest BCUT2D eigenvalue weighted by molar-refractivity contribution is 6.12. The van der Waals surface area contributed by atoms with Crippen molar-refractivity contribution in [1.82, 2.24) is 14.8 Å². The molecule has 0 saturated carbocycles. The molecule has 0 spiro atoms. The second kappa shape index (κ2) is 6.59. The van der Waals surface area contributed by atoms with E-state index in [4.69, 9.17) is 5.73 Å². The number of anilines is 1. The van der Waals surface area contributed by atoms with Crippen LogP contribution in [0.2, 0.25) is 0 Å². The molecule has 1 aromatic carbocycles. The average Bonchev–Trinajstić information content (AvgIpc) is 2.88. The second-order valence-corrected chi connectivity index (χ2v) is 6.55. The molecule has 0 radical (unpaired) electrons. The Balaban J connectivity index is 2.03. The summed E-state index contributed by atoms with van der Waals surface area (Å²) in [6.07, 6.45) is 0. The average molecular weight is 351 g/mol. The number of nitrogens with zero attached hydrogens (tertiary/aromatic N) is 3. The molecule has 0 atom stereocenters. The molecule has 26 heavy (non-hydrogen) atoms. The number of fused-ring (bicyclic) bond motifs is 1. The van der Waals surface area contributed by atoms with Crippen LogP contribution in [-0.2, 0) is 7.05 Å². The Kier molecular flexibility index (Phi) is 4.46. The van der Waals surface area contributed by atoms with Crippen LogP contribution in [0.25, 0.3) is 11.0 Å². The lowest BCUT2D eigenvalue weighted by Crippen LogP contribution is -2.15. The number of amides is 2. The van der Waals surface area contributed by atoms with E-state index in [0.717, 1.165) is 16.8 Å². The number of rotatable bonds is 4. The fourth-order valence-corrected chi connectivity index (χ4v) is 2.86. The van der Waals surface area contributed by atoms with Gasteiger partial charge in [-0.1, -0.05) is 13.8 Å². The normalized spacial score (nSPS) is 11.1. The smallest absolute Gasteiger partial charge is 0.256 e. The number of hydrogen-bond acceptors (Lipinski definition) is 4. The Bertz CT molecular complexity index is 1000. The molecule has 3 rings (SSSR count). The van der Waals surface area contributed by atoms with Crippen LogP contribution in [0.3, 0.4) is 0 Å². The van der Waals surface area contributed by atoms with E-state index < -0.39 is 5.91 Å². The van der Waals surface area contributed by atoms with Crippen molar-refractivity contribution in [2.45, 2.75) is 26.7 Å². The molecule has 0 bridgehead atoms. The largest absolute Gasteiger partial charge is 0.366 e. The van der Waals surface area contributed by atoms with E-state index in [2.05, 4.69) is 15.4 Å². The third-order valence-electron chi connectivity index (χ3n) is 4.25. The maximum Gasteiger partial charge on any atom is 0.256 e. The van der Waals surface area contributed by atoms with Gasteiger partial charge in [-0.15, -0.1) is 0 Å². The topological polar surface area (TPSA) is 103 Å². The van der Waals surface area contributed by atoms with E-state index in [1.807, 2.05) is 33.9 Å². The van der Waals surface area contributed by atoms with Gasteiger partial charge < -0.3 is 11.1 Å². The molecule has 2 amide bonds. The number of benzene rings is 1. The molecule has 2 heterocycles. The van der Waals surface area contributed by atoms with Crippen LogP contribution in [-0.4, -0.2) is 26.6 Å². The number of hydrogen-bond donors (Lipinski definition) is 2. The summed E-state index contributed by atoms with van der Waals surface area (Å²) >= 11 is 0. The van der Waals surface area contributed by atoms with Gasteiger partial charge in [0.1, 0.15) is 0 Å². The molecular formula is C19H21N5O2. The van der Waals surface area contributed by atoms with Crippen molar-refractivity contribution in [3.8, 4) is 0 Å². The van der Waals surface area contributed by atoms with Crippen LogP contribution in [0.1, 0.15) is 51.9 Å². The fraction of sp³-hybridized carbons (Fsp3) is 0.263. The summed E-state index contributed by atoms with van der Waals surface area (Å²) in [4.78, 5) is 28.7. The zero-order valence-electron chi connectivity index (χ0n) is 15.2. The van der Waals surface area contributed by atoms with Crippen molar-refractivity contribution in [1.29, 1.82) is 0 Å². The SMILES string of the molecule is Cc1nn(C)c2nc(C(C)C)cc(C(=O)Nc3ccc(C(N)=O)cc3)c12. The van der Waals surface area contributed by atoms with Gasteiger partial charge in [-0.2, -0.15) is 5.10 Å². The van der Waals surface area contributed by atoms with Crippen molar-refractivity contribution in [3.63, 3.8) is 0 Å². The first-order valence-electron chi connectivity index (χ1n) is 8.33. The first-order valence-corrected chi connectivity index (χ1v) is 8.33. The molecular weight excluding hydrogens is 330 g/mol. The van der Waals surface area contributed by atoms with Gasteiger partial charge in [-0.3, -0.25) is 14.3 Å². The lowest BCUT2D eigenvalue weighted by atomic mass is 10.0. The van der Waals surface area contributed by atoms with Gasteiger partial charge in [0.15, 0.2) is 5.65 Å². The maximum atomic E-state index is 12.9. The fourth-order valence-electron chi connectivity index (χ4n) is 2.86. The first kappa shape index (κ1) is 17.6. The zero-order valence-corrected chi connectivity index (χ0v) is 15.2. The van der Waals surface area contributed by atoms with Gasteiger partial charge in [0.05, 0.1) is 16.6 Å². The quantitative estimate of drug-likeness (QED) is 0.754. The third kappa shape index (κ3) is 3.15. The minimum Gasteiger partial charge on any atom is -0.366 e. The minimum atomic E-state index is -0.508. The molecule has 0 aliphatic heterocycles.